The van der Waals surface area contributed by atoms with Gasteiger partial charge in [0.1, 0.15) is 16.9 Å². The summed E-state index contributed by atoms with van der Waals surface area (Å²) in [7, 11) is 0. The van der Waals surface area contributed by atoms with Gasteiger partial charge in [0.15, 0.2) is 10.7 Å². The Hall–Kier alpha value is -1.75. The van der Waals surface area contributed by atoms with Gasteiger partial charge in [0.2, 0.25) is 0 Å². The first kappa shape index (κ1) is 11.3. The molecule has 2 heterocycles. The van der Waals surface area contributed by atoms with Crippen LogP contribution >= 0.6 is 11.6 Å². The summed E-state index contributed by atoms with van der Waals surface area (Å²) in [6.45, 7) is 1.71. The number of aromatic nitrogens is 2. The van der Waals surface area contributed by atoms with E-state index in [4.69, 9.17) is 16.0 Å². The van der Waals surface area contributed by atoms with Crippen molar-refractivity contribution in [2.45, 2.75) is 13.3 Å². The molecular formula is C12H7ClF2N2O. The molecule has 0 N–H and O–H groups in total. The highest BCUT2D eigenvalue weighted by Gasteiger charge is 2.15. The van der Waals surface area contributed by atoms with Gasteiger partial charge in [0.25, 0.3) is 6.43 Å². The molecule has 0 aliphatic carbocycles. The predicted octanol–water partition coefficient (Wildman–Crippen LogP) is 4.28. The van der Waals surface area contributed by atoms with Crippen LogP contribution in [0.3, 0.4) is 0 Å². The number of furan rings is 1. The van der Waals surface area contributed by atoms with E-state index in [0.717, 1.165) is 0 Å². The van der Waals surface area contributed by atoms with Gasteiger partial charge in [-0.3, -0.25) is 0 Å². The van der Waals surface area contributed by atoms with Crippen LogP contribution in [0.5, 0.6) is 0 Å². The Bertz CT molecular complexity index is 754. The van der Waals surface area contributed by atoms with Gasteiger partial charge in [-0.2, -0.15) is 0 Å². The fourth-order valence-corrected chi connectivity index (χ4v) is 2.12. The first-order chi connectivity index (χ1) is 8.56. The van der Waals surface area contributed by atoms with E-state index in [0.29, 0.717) is 27.9 Å². The molecule has 92 valence electrons. The number of rotatable bonds is 1. The van der Waals surface area contributed by atoms with Crippen molar-refractivity contribution in [1.82, 2.24) is 9.97 Å². The van der Waals surface area contributed by atoms with Gasteiger partial charge in [-0.1, -0.05) is 17.7 Å². The zero-order chi connectivity index (χ0) is 12.9. The standard InChI is InChI=1S/C12H7ClF2N2O/c1-5-16-9-7-3-2-6(12(14)15)4-8(7)18-10(9)11(13)17-5/h2-4,12H,1H3. The van der Waals surface area contributed by atoms with E-state index >= 15 is 0 Å². The SMILES string of the molecule is Cc1nc(Cl)c2oc3cc(C(F)F)ccc3c2n1. The van der Waals surface area contributed by atoms with Crippen LogP contribution < -0.4 is 0 Å². The lowest BCUT2D eigenvalue weighted by atomic mass is 10.1. The van der Waals surface area contributed by atoms with Crippen molar-refractivity contribution >= 4 is 33.7 Å². The Morgan fingerprint density at radius 3 is 2.78 bits per heavy atom. The number of aryl methyl sites for hydroxylation is 1. The zero-order valence-corrected chi connectivity index (χ0v) is 10.0. The molecule has 0 atom stereocenters. The Balaban J connectivity index is 2.40. The third-order valence-corrected chi connectivity index (χ3v) is 2.92. The molecule has 0 unspecified atom stereocenters. The largest absolute Gasteiger partial charge is 0.451 e. The van der Waals surface area contributed by atoms with Gasteiger partial charge in [0, 0.05) is 10.9 Å². The van der Waals surface area contributed by atoms with Crippen LogP contribution in [0.1, 0.15) is 17.8 Å². The molecule has 0 spiro atoms. The summed E-state index contributed by atoms with van der Waals surface area (Å²) in [5.41, 5.74) is 1.11. The molecule has 1 aromatic carbocycles. The minimum absolute atomic E-state index is 0.0950. The molecule has 3 nitrogen and oxygen atoms in total. The third kappa shape index (κ3) is 1.62. The number of benzene rings is 1. The number of halogens is 3. The highest BCUT2D eigenvalue weighted by atomic mass is 35.5. The number of hydrogen-bond donors (Lipinski definition) is 0. The Morgan fingerprint density at radius 2 is 2.06 bits per heavy atom. The van der Waals surface area contributed by atoms with Crippen molar-refractivity contribution in [1.29, 1.82) is 0 Å². The van der Waals surface area contributed by atoms with Crippen LogP contribution in [-0.4, -0.2) is 9.97 Å². The lowest BCUT2D eigenvalue weighted by molar-refractivity contribution is 0.151. The van der Waals surface area contributed by atoms with Crippen molar-refractivity contribution in [2.75, 3.05) is 0 Å². The van der Waals surface area contributed by atoms with E-state index in [1.807, 2.05) is 0 Å². The summed E-state index contributed by atoms with van der Waals surface area (Å²) in [4.78, 5) is 8.19. The van der Waals surface area contributed by atoms with E-state index < -0.39 is 6.43 Å². The van der Waals surface area contributed by atoms with Gasteiger partial charge in [-0.05, 0) is 19.1 Å². The van der Waals surface area contributed by atoms with Gasteiger partial charge in [0.05, 0.1) is 0 Å². The second-order valence-electron chi connectivity index (χ2n) is 3.90. The summed E-state index contributed by atoms with van der Waals surface area (Å²) in [5.74, 6) is 0.508. The van der Waals surface area contributed by atoms with Gasteiger partial charge < -0.3 is 4.42 Å². The summed E-state index contributed by atoms with van der Waals surface area (Å²) >= 11 is 5.94. The summed E-state index contributed by atoms with van der Waals surface area (Å²) in [6.07, 6.45) is -2.54. The third-order valence-electron chi connectivity index (χ3n) is 2.66. The maximum absolute atomic E-state index is 12.6. The van der Waals surface area contributed by atoms with Gasteiger partial charge >= 0.3 is 0 Å². The molecular weight excluding hydrogens is 262 g/mol. The molecule has 3 rings (SSSR count). The van der Waals surface area contributed by atoms with E-state index in [9.17, 15) is 8.78 Å². The van der Waals surface area contributed by atoms with E-state index in [1.165, 1.54) is 12.1 Å². The van der Waals surface area contributed by atoms with Crippen LogP contribution in [0.4, 0.5) is 8.78 Å². The monoisotopic (exact) mass is 268 g/mol. The number of alkyl halides is 2. The van der Waals surface area contributed by atoms with Crippen molar-refractivity contribution in [2.24, 2.45) is 0 Å². The molecule has 0 saturated heterocycles. The molecule has 0 aliphatic heterocycles. The van der Waals surface area contributed by atoms with Gasteiger partial charge in [-0.15, -0.1) is 0 Å². The Morgan fingerprint density at radius 1 is 1.28 bits per heavy atom. The molecule has 0 amide bonds. The average molecular weight is 269 g/mol. The van der Waals surface area contributed by atoms with Crippen LogP contribution in [0.15, 0.2) is 22.6 Å². The smallest absolute Gasteiger partial charge is 0.263 e. The topological polar surface area (TPSA) is 38.9 Å². The normalized spacial score (nSPS) is 11.8. The van der Waals surface area contributed by atoms with Crippen molar-refractivity contribution in [3.63, 3.8) is 0 Å². The average Bonchev–Trinajstić information content (AvgIpc) is 2.67. The summed E-state index contributed by atoms with van der Waals surface area (Å²) in [5, 5.41) is 0.842. The molecule has 3 aromatic rings. The molecule has 0 aliphatic rings. The maximum Gasteiger partial charge on any atom is 0.263 e. The number of hydrogen-bond acceptors (Lipinski definition) is 3. The molecule has 0 saturated carbocycles. The molecule has 0 radical (unpaired) electrons. The first-order valence-electron chi connectivity index (χ1n) is 5.20. The minimum atomic E-state index is -2.54. The first-order valence-corrected chi connectivity index (χ1v) is 5.58. The summed E-state index contributed by atoms with van der Waals surface area (Å²) < 4.78 is 30.6. The Labute approximate surface area is 105 Å². The quantitative estimate of drug-likeness (QED) is 0.619. The minimum Gasteiger partial charge on any atom is -0.451 e. The van der Waals surface area contributed by atoms with Crippen LogP contribution in [-0.2, 0) is 0 Å². The van der Waals surface area contributed by atoms with E-state index in [1.54, 1.807) is 13.0 Å². The number of fused-ring (bicyclic) bond motifs is 3. The van der Waals surface area contributed by atoms with Crippen molar-refractivity contribution < 1.29 is 13.2 Å². The maximum atomic E-state index is 12.6. The van der Waals surface area contributed by atoms with Crippen LogP contribution in [0.2, 0.25) is 5.15 Å². The Kier molecular flexibility index (Phi) is 2.45. The van der Waals surface area contributed by atoms with Crippen LogP contribution in [0.25, 0.3) is 22.1 Å². The van der Waals surface area contributed by atoms with Gasteiger partial charge in [-0.25, -0.2) is 18.7 Å². The van der Waals surface area contributed by atoms with Crippen molar-refractivity contribution in [3.8, 4) is 0 Å². The molecule has 18 heavy (non-hydrogen) atoms. The van der Waals surface area contributed by atoms with E-state index in [2.05, 4.69) is 9.97 Å². The second kappa shape index (κ2) is 3.88. The molecule has 2 aromatic heterocycles. The lowest BCUT2D eigenvalue weighted by Crippen LogP contribution is -1.87. The summed E-state index contributed by atoms with van der Waals surface area (Å²) in [6, 6.07) is 4.21. The fraction of sp³-hybridized carbons (Fsp3) is 0.167. The highest BCUT2D eigenvalue weighted by molar-refractivity contribution is 6.34. The fourth-order valence-electron chi connectivity index (χ4n) is 1.87. The highest BCUT2D eigenvalue weighted by Crippen LogP contribution is 2.33. The van der Waals surface area contributed by atoms with Crippen molar-refractivity contribution in [3.05, 3.63) is 34.7 Å². The number of nitrogens with zero attached hydrogens (tertiary/aromatic N) is 2. The lowest BCUT2D eigenvalue weighted by Gasteiger charge is -1.97. The predicted molar refractivity (Wildman–Crippen MR) is 64.0 cm³/mol. The second-order valence-corrected chi connectivity index (χ2v) is 4.26. The molecule has 0 fully saturated rings. The molecule has 0 bridgehead atoms. The molecule has 6 heteroatoms. The van der Waals surface area contributed by atoms with Crippen LogP contribution in [0, 0.1) is 6.92 Å². The zero-order valence-electron chi connectivity index (χ0n) is 9.25. The van der Waals surface area contributed by atoms with E-state index in [-0.39, 0.29) is 10.7 Å².